The first-order valence-corrected chi connectivity index (χ1v) is 5.35. The van der Waals surface area contributed by atoms with E-state index < -0.39 is 0 Å². The second-order valence-corrected chi connectivity index (χ2v) is 3.82. The molecule has 0 amide bonds. The molecule has 0 heterocycles. The van der Waals surface area contributed by atoms with Crippen molar-refractivity contribution >= 4 is 0 Å². The van der Waals surface area contributed by atoms with E-state index in [0.29, 0.717) is 6.42 Å². The Labute approximate surface area is 91.5 Å². The van der Waals surface area contributed by atoms with Crippen LogP contribution in [0, 0.1) is 11.3 Å². The zero-order valence-corrected chi connectivity index (χ0v) is 9.36. The summed E-state index contributed by atoms with van der Waals surface area (Å²) in [7, 11) is 0. The predicted molar refractivity (Wildman–Crippen MR) is 60.8 cm³/mol. The van der Waals surface area contributed by atoms with Gasteiger partial charge in [0.05, 0.1) is 12.2 Å². The van der Waals surface area contributed by atoms with Gasteiger partial charge in [0.1, 0.15) is 5.75 Å². The molecule has 15 heavy (non-hydrogen) atoms. The zero-order chi connectivity index (χ0) is 11.1. The molecule has 0 saturated heterocycles. The lowest BCUT2D eigenvalue weighted by Gasteiger charge is -2.09. The number of hydrogen-bond donors (Lipinski definition) is 0. The summed E-state index contributed by atoms with van der Waals surface area (Å²) in [6.45, 7) is 4.03. The summed E-state index contributed by atoms with van der Waals surface area (Å²) in [5, 5.41) is 8.42. The van der Waals surface area contributed by atoms with Gasteiger partial charge in [-0.25, -0.2) is 0 Å². The molecule has 0 aliphatic heterocycles. The predicted octanol–water partition coefficient (Wildman–Crippen LogP) is 3.32. The van der Waals surface area contributed by atoms with Crippen molar-refractivity contribution in [3.8, 4) is 11.8 Å². The molecule has 0 N–H and O–H groups in total. The number of benzene rings is 1. The highest BCUT2D eigenvalue weighted by molar-refractivity contribution is 5.27. The fraction of sp³-hybridized carbons (Fsp3) is 0.462. The molecule has 0 saturated carbocycles. The minimum absolute atomic E-state index is 0.217. The maximum atomic E-state index is 8.42. The first-order valence-electron chi connectivity index (χ1n) is 5.35. The van der Waals surface area contributed by atoms with Gasteiger partial charge in [-0.15, -0.1) is 0 Å². The molecule has 2 heteroatoms. The second-order valence-electron chi connectivity index (χ2n) is 3.82. The highest BCUT2D eigenvalue weighted by atomic mass is 16.5. The van der Waals surface area contributed by atoms with E-state index in [2.05, 4.69) is 18.2 Å². The Morgan fingerprint density at radius 1 is 1.27 bits per heavy atom. The van der Waals surface area contributed by atoms with Crippen LogP contribution in [-0.4, -0.2) is 6.10 Å². The molecular formula is C13H17NO. The van der Waals surface area contributed by atoms with Gasteiger partial charge in [-0.3, -0.25) is 0 Å². The van der Waals surface area contributed by atoms with Crippen molar-refractivity contribution in [3.05, 3.63) is 29.8 Å². The van der Waals surface area contributed by atoms with E-state index >= 15 is 0 Å². The van der Waals surface area contributed by atoms with E-state index in [9.17, 15) is 0 Å². The molecule has 2 nitrogen and oxygen atoms in total. The van der Waals surface area contributed by atoms with E-state index in [1.54, 1.807) is 0 Å². The Bertz CT molecular complexity index is 321. The second kappa shape index (κ2) is 6.08. The van der Waals surface area contributed by atoms with Crippen LogP contribution in [0.4, 0.5) is 0 Å². The Kier molecular flexibility index (Phi) is 4.70. The van der Waals surface area contributed by atoms with Crippen LogP contribution in [0.15, 0.2) is 24.3 Å². The van der Waals surface area contributed by atoms with Crippen molar-refractivity contribution in [2.24, 2.45) is 0 Å². The molecule has 0 spiro atoms. The van der Waals surface area contributed by atoms with Gasteiger partial charge >= 0.3 is 0 Å². The van der Waals surface area contributed by atoms with Crippen molar-refractivity contribution in [2.45, 2.75) is 39.2 Å². The molecular weight excluding hydrogens is 186 g/mol. The average Bonchev–Trinajstić information content (AvgIpc) is 2.20. The number of unbranched alkanes of at least 4 members (excludes halogenated alkanes) is 1. The molecule has 0 aromatic heterocycles. The van der Waals surface area contributed by atoms with Crippen molar-refractivity contribution in [1.29, 1.82) is 5.26 Å². The van der Waals surface area contributed by atoms with E-state index in [4.69, 9.17) is 10.00 Å². The van der Waals surface area contributed by atoms with E-state index in [-0.39, 0.29) is 6.10 Å². The monoisotopic (exact) mass is 203 g/mol. The maximum Gasteiger partial charge on any atom is 0.119 e. The fourth-order valence-corrected chi connectivity index (χ4v) is 1.38. The normalized spacial score (nSPS) is 10.0. The van der Waals surface area contributed by atoms with Crippen LogP contribution in [-0.2, 0) is 6.42 Å². The van der Waals surface area contributed by atoms with Crippen LogP contribution in [0.3, 0.4) is 0 Å². The average molecular weight is 203 g/mol. The van der Waals surface area contributed by atoms with Gasteiger partial charge < -0.3 is 4.74 Å². The summed E-state index contributed by atoms with van der Waals surface area (Å²) in [5.74, 6) is 0.911. The van der Waals surface area contributed by atoms with Gasteiger partial charge in [0.25, 0.3) is 0 Å². The van der Waals surface area contributed by atoms with E-state index in [1.807, 2.05) is 26.0 Å². The summed E-state index contributed by atoms with van der Waals surface area (Å²) in [5.41, 5.74) is 1.27. The molecule has 0 bridgehead atoms. The van der Waals surface area contributed by atoms with Crippen molar-refractivity contribution in [1.82, 2.24) is 0 Å². The number of nitrogens with zero attached hydrogens (tertiary/aromatic N) is 1. The number of nitriles is 1. The van der Waals surface area contributed by atoms with Gasteiger partial charge in [0.2, 0.25) is 0 Å². The summed E-state index contributed by atoms with van der Waals surface area (Å²) < 4.78 is 5.54. The quantitative estimate of drug-likeness (QED) is 0.688. The van der Waals surface area contributed by atoms with Crippen LogP contribution < -0.4 is 4.74 Å². The molecule has 1 rings (SSSR count). The molecule has 0 aliphatic carbocycles. The van der Waals surface area contributed by atoms with Crippen LogP contribution in [0.1, 0.15) is 32.3 Å². The smallest absolute Gasteiger partial charge is 0.119 e. The lowest BCUT2D eigenvalue weighted by atomic mass is 10.1. The van der Waals surface area contributed by atoms with Gasteiger partial charge in [-0.1, -0.05) is 12.1 Å². The Balaban J connectivity index is 2.46. The molecule has 1 aromatic rings. The SMILES string of the molecule is CC(C)Oc1ccc(CCCC#N)cc1. The molecule has 0 unspecified atom stereocenters. The van der Waals surface area contributed by atoms with Gasteiger partial charge in [0.15, 0.2) is 0 Å². The molecule has 0 radical (unpaired) electrons. The Morgan fingerprint density at radius 3 is 2.47 bits per heavy atom. The van der Waals surface area contributed by atoms with Crippen LogP contribution in [0.2, 0.25) is 0 Å². The van der Waals surface area contributed by atoms with Crippen molar-refractivity contribution in [2.75, 3.05) is 0 Å². The Hall–Kier alpha value is -1.49. The summed E-state index contributed by atoms with van der Waals surface area (Å²) in [4.78, 5) is 0. The van der Waals surface area contributed by atoms with E-state index in [0.717, 1.165) is 18.6 Å². The maximum absolute atomic E-state index is 8.42. The van der Waals surface area contributed by atoms with Gasteiger partial charge in [0, 0.05) is 6.42 Å². The highest BCUT2D eigenvalue weighted by Gasteiger charge is 1.97. The molecule has 0 fully saturated rings. The van der Waals surface area contributed by atoms with Crippen molar-refractivity contribution < 1.29 is 4.74 Å². The lowest BCUT2D eigenvalue weighted by molar-refractivity contribution is 0.242. The fourth-order valence-electron chi connectivity index (χ4n) is 1.38. The molecule has 0 aliphatic rings. The molecule has 80 valence electrons. The van der Waals surface area contributed by atoms with Gasteiger partial charge in [-0.05, 0) is 44.4 Å². The summed E-state index contributed by atoms with van der Waals surface area (Å²) in [6, 6.07) is 10.3. The standard InChI is InChI=1S/C13H17NO/c1-11(2)15-13-8-6-12(7-9-13)5-3-4-10-14/h6-9,11H,3-5H2,1-2H3. The molecule has 0 atom stereocenters. The van der Waals surface area contributed by atoms with E-state index in [1.165, 1.54) is 5.56 Å². The number of rotatable bonds is 5. The van der Waals surface area contributed by atoms with Crippen LogP contribution in [0.5, 0.6) is 5.75 Å². The topological polar surface area (TPSA) is 33.0 Å². The Morgan fingerprint density at radius 2 is 1.93 bits per heavy atom. The lowest BCUT2D eigenvalue weighted by Crippen LogP contribution is -2.05. The largest absolute Gasteiger partial charge is 0.491 e. The van der Waals surface area contributed by atoms with Crippen LogP contribution >= 0.6 is 0 Å². The third-order valence-electron chi connectivity index (χ3n) is 2.05. The number of ether oxygens (including phenoxy) is 1. The highest BCUT2D eigenvalue weighted by Crippen LogP contribution is 2.15. The first kappa shape index (κ1) is 11.6. The summed E-state index contributed by atoms with van der Waals surface area (Å²) >= 11 is 0. The zero-order valence-electron chi connectivity index (χ0n) is 9.36. The molecule has 1 aromatic carbocycles. The number of aryl methyl sites for hydroxylation is 1. The van der Waals surface area contributed by atoms with Gasteiger partial charge in [-0.2, -0.15) is 5.26 Å². The third kappa shape index (κ3) is 4.51. The first-order chi connectivity index (χ1) is 7.22. The number of hydrogen-bond acceptors (Lipinski definition) is 2. The summed E-state index contributed by atoms with van der Waals surface area (Å²) in [6.07, 6.45) is 2.75. The van der Waals surface area contributed by atoms with Crippen LogP contribution in [0.25, 0.3) is 0 Å². The third-order valence-corrected chi connectivity index (χ3v) is 2.05. The van der Waals surface area contributed by atoms with Crippen molar-refractivity contribution in [3.63, 3.8) is 0 Å². The minimum atomic E-state index is 0.217. The minimum Gasteiger partial charge on any atom is -0.491 e.